The second-order valence-corrected chi connectivity index (χ2v) is 8.73. The molecule has 2 aliphatic rings. The van der Waals surface area contributed by atoms with E-state index >= 15 is 0 Å². The van der Waals surface area contributed by atoms with Gasteiger partial charge in [0.1, 0.15) is 5.75 Å². The van der Waals surface area contributed by atoms with E-state index in [1.165, 1.54) is 22.1 Å². The Balaban J connectivity index is 0.00000140. The minimum atomic E-state index is -0.583. The van der Waals surface area contributed by atoms with Gasteiger partial charge in [-0.1, -0.05) is 19.3 Å². The third-order valence-corrected chi connectivity index (χ3v) is 7.19. The Morgan fingerprint density at radius 1 is 1.18 bits per heavy atom. The molecule has 0 bridgehead atoms. The maximum atomic E-state index is 11.7. The molecule has 2 heterocycles. The second-order valence-electron chi connectivity index (χ2n) is 7.82. The van der Waals surface area contributed by atoms with Gasteiger partial charge >= 0.3 is 0 Å². The molecule has 1 saturated heterocycles. The number of nitrogens with zero attached hydrogens (tertiary/aromatic N) is 1. The van der Waals surface area contributed by atoms with E-state index in [1.54, 1.807) is 18.4 Å². The summed E-state index contributed by atoms with van der Waals surface area (Å²) in [6.07, 6.45) is 5.37. The zero-order valence-electron chi connectivity index (χ0n) is 16.5. The van der Waals surface area contributed by atoms with Crippen LogP contribution < -0.4 is 10.1 Å². The third kappa shape index (κ3) is 4.94. The molecule has 7 heteroatoms. The molecule has 158 valence electrons. The number of aliphatic hydroxyl groups is 1. The summed E-state index contributed by atoms with van der Waals surface area (Å²) in [4.78, 5) is 2.53. The zero-order chi connectivity index (χ0) is 18.0. The van der Waals surface area contributed by atoms with Crippen LogP contribution in [0.2, 0.25) is 0 Å². The monoisotopic (exact) mass is 446 g/mol. The molecule has 0 radical (unpaired) electrons. The average molecular weight is 447 g/mol. The van der Waals surface area contributed by atoms with E-state index in [4.69, 9.17) is 4.74 Å². The fourth-order valence-corrected chi connectivity index (χ4v) is 5.64. The molecule has 28 heavy (non-hydrogen) atoms. The van der Waals surface area contributed by atoms with Crippen molar-refractivity contribution in [3.05, 3.63) is 29.1 Å². The van der Waals surface area contributed by atoms with Gasteiger partial charge in [-0.25, -0.2) is 0 Å². The number of hydrogen-bond donors (Lipinski definition) is 2. The van der Waals surface area contributed by atoms with Crippen LogP contribution in [0.4, 0.5) is 0 Å². The topological polar surface area (TPSA) is 44.7 Å². The lowest BCUT2D eigenvalue weighted by Gasteiger charge is -2.42. The summed E-state index contributed by atoms with van der Waals surface area (Å²) in [6.45, 7) is 5.17. The van der Waals surface area contributed by atoms with Gasteiger partial charge < -0.3 is 20.1 Å². The van der Waals surface area contributed by atoms with Crippen LogP contribution in [0, 0.1) is 0 Å². The maximum absolute atomic E-state index is 11.7. The molecule has 4 nitrogen and oxygen atoms in total. The van der Waals surface area contributed by atoms with E-state index < -0.39 is 5.60 Å². The highest BCUT2D eigenvalue weighted by Crippen LogP contribution is 2.44. The molecule has 1 unspecified atom stereocenters. The van der Waals surface area contributed by atoms with Gasteiger partial charge in [0, 0.05) is 43.3 Å². The van der Waals surface area contributed by atoms with E-state index in [-0.39, 0.29) is 30.7 Å². The Kier molecular flexibility index (Phi) is 8.86. The van der Waals surface area contributed by atoms with Crippen molar-refractivity contribution in [1.82, 2.24) is 10.2 Å². The quantitative estimate of drug-likeness (QED) is 0.712. The maximum Gasteiger partial charge on any atom is 0.119 e. The van der Waals surface area contributed by atoms with Gasteiger partial charge in [-0.15, -0.1) is 36.2 Å². The van der Waals surface area contributed by atoms with Gasteiger partial charge in [-0.05, 0) is 47.4 Å². The fraction of sp³-hybridized carbons (Fsp3) is 0.619. The van der Waals surface area contributed by atoms with Gasteiger partial charge in [-0.2, -0.15) is 0 Å². The van der Waals surface area contributed by atoms with Crippen molar-refractivity contribution in [2.45, 2.75) is 43.6 Å². The molecule has 0 amide bonds. The summed E-state index contributed by atoms with van der Waals surface area (Å²) < 4.78 is 6.75. The minimum Gasteiger partial charge on any atom is -0.497 e. The van der Waals surface area contributed by atoms with E-state index in [1.807, 2.05) is 6.07 Å². The highest BCUT2D eigenvalue weighted by Gasteiger charge is 2.40. The fourth-order valence-electron chi connectivity index (χ4n) is 4.65. The molecular weight excluding hydrogens is 415 g/mol. The van der Waals surface area contributed by atoms with E-state index in [9.17, 15) is 5.11 Å². The summed E-state index contributed by atoms with van der Waals surface area (Å²) in [7, 11) is 1.72. The van der Waals surface area contributed by atoms with Gasteiger partial charge in [0.25, 0.3) is 0 Å². The van der Waals surface area contributed by atoms with Crippen LogP contribution in [0.25, 0.3) is 10.1 Å². The minimum absolute atomic E-state index is 0. The summed E-state index contributed by atoms with van der Waals surface area (Å²) in [5, 5.41) is 18.6. The Labute approximate surface area is 184 Å². The Morgan fingerprint density at radius 3 is 2.57 bits per heavy atom. The predicted octanol–water partition coefficient (Wildman–Crippen LogP) is 4.44. The summed E-state index contributed by atoms with van der Waals surface area (Å²) in [6, 6.07) is 6.33. The SMILES string of the molecule is COc1ccc2scc(C(CN3CCNCC3)C3(O)CCCCC3)c2c1.Cl.Cl. The smallest absolute Gasteiger partial charge is 0.119 e. The molecule has 2 fully saturated rings. The van der Waals surface area contributed by atoms with Gasteiger partial charge in [0.15, 0.2) is 0 Å². The Hall–Kier alpha value is -0.560. The number of methoxy groups -OCH3 is 1. The number of fused-ring (bicyclic) bond motifs is 1. The Bertz CT molecular complexity index is 743. The lowest BCUT2D eigenvalue weighted by atomic mass is 9.72. The summed E-state index contributed by atoms with van der Waals surface area (Å²) in [5.74, 6) is 1.07. The molecule has 1 aliphatic carbocycles. The van der Waals surface area contributed by atoms with Crippen molar-refractivity contribution in [3.63, 3.8) is 0 Å². The van der Waals surface area contributed by atoms with Crippen molar-refractivity contribution in [2.24, 2.45) is 0 Å². The largest absolute Gasteiger partial charge is 0.497 e. The van der Waals surface area contributed by atoms with Crippen molar-refractivity contribution in [3.8, 4) is 5.75 Å². The lowest BCUT2D eigenvalue weighted by molar-refractivity contribution is -0.0311. The normalized spacial score (nSPS) is 20.8. The Morgan fingerprint density at radius 2 is 1.89 bits per heavy atom. The van der Waals surface area contributed by atoms with Crippen LogP contribution in [-0.2, 0) is 0 Å². The summed E-state index contributed by atoms with van der Waals surface area (Å²) in [5.41, 5.74) is 0.729. The van der Waals surface area contributed by atoms with E-state index in [0.29, 0.717) is 0 Å². The molecule has 1 atom stereocenters. The number of benzene rings is 1. The molecule has 0 spiro atoms. The van der Waals surface area contributed by atoms with Crippen molar-refractivity contribution < 1.29 is 9.84 Å². The van der Waals surface area contributed by atoms with Crippen LogP contribution in [0.3, 0.4) is 0 Å². The first kappa shape index (κ1) is 23.7. The molecule has 2 aromatic rings. The standard InChI is InChI=1S/C21H30N2O2S.2ClH/c1-25-16-5-6-20-17(13-16)18(15-26-20)19(14-23-11-9-22-10-12-23)21(24)7-3-2-4-8-21;;/h5-6,13,15,19,22,24H,2-4,7-12,14H2,1H3;2*1H. The van der Waals surface area contributed by atoms with Crippen molar-refractivity contribution in [2.75, 3.05) is 39.8 Å². The second kappa shape index (κ2) is 10.5. The van der Waals surface area contributed by atoms with Crippen LogP contribution in [0.15, 0.2) is 23.6 Å². The number of nitrogens with one attached hydrogen (secondary N) is 1. The zero-order valence-corrected chi connectivity index (χ0v) is 18.9. The first-order valence-electron chi connectivity index (χ1n) is 9.90. The number of piperazine rings is 1. The molecule has 1 aliphatic heterocycles. The van der Waals surface area contributed by atoms with Crippen LogP contribution in [-0.4, -0.2) is 55.4 Å². The highest BCUT2D eigenvalue weighted by atomic mass is 35.5. The third-order valence-electron chi connectivity index (χ3n) is 6.20. The van der Waals surface area contributed by atoms with Gasteiger partial charge in [-0.3, -0.25) is 0 Å². The molecule has 1 aromatic heterocycles. The number of ether oxygens (including phenoxy) is 1. The van der Waals surface area contributed by atoms with E-state index in [0.717, 1.165) is 64.2 Å². The highest BCUT2D eigenvalue weighted by molar-refractivity contribution is 7.17. The van der Waals surface area contributed by atoms with Crippen LogP contribution in [0.1, 0.15) is 43.6 Å². The van der Waals surface area contributed by atoms with Crippen LogP contribution in [0.5, 0.6) is 5.75 Å². The van der Waals surface area contributed by atoms with Gasteiger partial charge in [0.05, 0.1) is 12.7 Å². The number of thiophene rings is 1. The lowest BCUT2D eigenvalue weighted by Crippen LogP contribution is -2.49. The van der Waals surface area contributed by atoms with E-state index in [2.05, 4.69) is 27.7 Å². The first-order valence-corrected chi connectivity index (χ1v) is 10.8. The van der Waals surface area contributed by atoms with Crippen LogP contribution >= 0.6 is 36.2 Å². The van der Waals surface area contributed by atoms with Crippen molar-refractivity contribution in [1.29, 1.82) is 0 Å². The first-order chi connectivity index (χ1) is 12.7. The predicted molar refractivity (Wildman–Crippen MR) is 123 cm³/mol. The molecule has 4 rings (SSSR count). The number of halogens is 2. The average Bonchev–Trinajstić information content (AvgIpc) is 3.10. The number of hydrogen-bond acceptors (Lipinski definition) is 5. The van der Waals surface area contributed by atoms with Gasteiger partial charge in [0.2, 0.25) is 0 Å². The number of rotatable bonds is 5. The molecule has 1 aromatic carbocycles. The van der Waals surface area contributed by atoms with Crippen molar-refractivity contribution >= 4 is 46.2 Å². The molecule has 2 N–H and O–H groups in total. The molecule has 1 saturated carbocycles. The molecular formula is C21H32Cl2N2O2S. The summed E-state index contributed by atoms with van der Waals surface area (Å²) >= 11 is 1.79.